The average Bonchev–Trinajstić information content (AvgIpc) is 3.75. The number of rotatable bonds is 7. The van der Waals surface area contributed by atoms with Gasteiger partial charge in [0.25, 0.3) is 0 Å². The molecule has 1 heterocycles. The van der Waals surface area contributed by atoms with E-state index in [1.54, 1.807) is 0 Å². The molecule has 0 radical (unpaired) electrons. The molecule has 0 aliphatic carbocycles. The summed E-state index contributed by atoms with van der Waals surface area (Å²) >= 11 is 0. The van der Waals surface area contributed by atoms with Crippen molar-refractivity contribution in [3.8, 4) is 44.5 Å². The van der Waals surface area contributed by atoms with Crippen molar-refractivity contribution in [2.45, 2.75) is 0 Å². The summed E-state index contributed by atoms with van der Waals surface area (Å²) in [7, 11) is 0. The molecular weight excluding hydrogens is 751 g/mol. The van der Waals surface area contributed by atoms with Crippen LogP contribution in [0, 0.1) is 0 Å². The van der Waals surface area contributed by atoms with Crippen molar-refractivity contribution in [3.05, 3.63) is 237 Å². The summed E-state index contributed by atoms with van der Waals surface area (Å²) in [6, 6.07) is 85.4. The van der Waals surface area contributed by atoms with Gasteiger partial charge in [0.2, 0.25) is 0 Å². The zero-order valence-electron chi connectivity index (χ0n) is 33.9. The SMILES string of the molecule is c1ccc(-c2ccc(-c3ccccc3N(c3ccc(-c4ccc5ccccc5c4)cc3)c3ccc(-c4cc5ccccc5c5ccccc45)c4oc5ccccc5c34)cc2)cc1. The summed E-state index contributed by atoms with van der Waals surface area (Å²) in [5.41, 5.74) is 14.2. The van der Waals surface area contributed by atoms with Gasteiger partial charge in [0.05, 0.1) is 16.8 Å². The van der Waals surface area contributed by atoms with Crippen molar-refractivity contribution in [2.75, 3.05) is 4.90 Å². The van der Waals surface area contributed by atoms with E-state index in [9.17, 15) is 0 Å². The lowest BCUT2D eigenvalue weighted by molar-refractivity contribution is 0.670. The Bertz CT molecular complexity index is 3620. The van der Waals surface area contributed by atoms with Crippen LogP contribution >= 0.6 is 0 Å². The van der Waals surface area contributed by atoms with Crippen LogP contribution in [0.3, 0.4) is 0 Å². The van der Waals surface area contributed by atoms with Crippen molar-refractivity contribution in [1.29, 1.82) is 0 Å². The third-order valence-electron chi connectivity index (χ3n) is 12.5. The Hall–Kier alpha value is -8.20. The molecule has 0 spiro atoms. The van der Waals surface area contributed by atoms with Crippen LogP contribution in [0.4, 0.5) is 17.1 Å². The maximum Gasteiger partial charge on any atom is 0.145 e. The summed E-state index contributed by atoms with van der Waals surface area (Å²) in [6.45, 7) is 0. The monoisotopic (exact) mass is 789 g/mol. The minimum Gasteiger partial charge on any atom is -0.455 e. The lowest BCUT2D eigenvalue weighted by Gasteiger charge is -2.29. The first-order valence-electron chi connectivity index (χ1n) is 21.2. The average molecular weight is 790 g/mol. The third kappa shape index (κ3) is 6.04. The summed E-state index contributed by atoms with van der Waals surface area (Å²) < 4.78 is 7.02. The second-order valence-corrected chi connectivity index (χ2v) is 16.0. The molecular formula is C60H39NO. The Balaban J connectivity index is 1.09. The standard InChI is InChI=1S/C60H39NO/c1-2-14-40(15-3-1)42-26-29-44(30-27-42)50-20-10-12-24-56(50)61(48-34-32-43(33-35-48)46-31-28-41-16-4-5-17-45(41)38-46)57-37-36-53(60-59(57)54-23-11-13-25-58(54)62-60)55-39-47-18-6-7-19-49(47)51-21-8-9-22-52(51)55/h1-39H. The zero-order valence-corrected chi connectivity index (χ0v) is 33.9. The molecule has 11 aromatic carbocycles. The summed E-state index contributed by atoms with van der Waals surface area (Å²) in [5, 5.41) is 9.50. The van der Waals surface area contributed by atoms with Gasteiger partial charge in [-0.2, -0.15) is 0 Å². The number of nitrogens with zero attached hydrogens (tertiary/aromatic N) is 1. The summed E-state index contributed by atoms with van der Waals surface area (Å²) in [6.07, 6.45) is 0. The fraction of sp³-hybridized carbons (Fsp3) is 0. The largest absolute Gasteiger partial charge is 0.455 e. The molecule has 290 valence electrons. The van der Waals surface area contributed by atoms with E-state index in [-0.39, 0.29) is 0 Å². The van der Waals surface area contributed by atoms with Crippen molar-refractivity contribution >= 4 is 71.3 Å². The van der Waals surface area contributed by atoms with Crippen LogP contribution in [0.5, 0.6) is 0 Å². The van der Waals surface area contributed by atoms with Gasteiger partial charge in [-0.15, -0.1) is 0 Å². The molecule has 0 N–H and O–H groups in total. The Morgan fingerprint density at radius 2 is 0.871 bits per heavy atom. The van der Waals surface area contributed by atoms with Crippen LogP contribution in [0.25, 0.3) is 98.8 Å². The first-order valence-corrected chi connectivity index (χ1v) is 21.2. The molecule has 1 aromatic heterocycles. The highest BCUT2D eigenvalue weighted by molar-refractivity contribution is 6.21. The minimum absolute atomic E-state index is 0.859. The van der Waals surface area contributed by atoms with Crippen LogP contribution < -0.4 is 4.90 Å². The smallest absolute Gasteiger partial charge is 0.145 e. The second-order valence-electron chi connectivity index (χ2n) is 16.0. The molecule has 0 aliphatic rings. The Morgan fingerprint density at radius 3 is 1.69 bits per heavy atom. The molecule has 0 amide bonds. The highest BCUT2D eigenvalue weighted by atomic mass is 16.3. The Kier molecular flexibility index (Phi) is 8.53. The quantitative estimate of drug-likeness (QED) is 0.150. The number of anilines is 3. The van der Waals surface area contributed by atoms with Crippen LogP contribution in [-0.2, 0) is 0 Å². The highest BCUT2D eigenvalue weighted by Crippen LogP contribution is 2.49. The van der Waals surface area contributed by atoms with Crippen LogP contribution in [0.1, 0.15) is 0 Å². The molecule has 0 aliphatic heterocycles. The van der Waals surface area contributed by atoms with E-state index in [1.807, 2.05) is 0 Å². The zero-order chi connectivity index (χ0) is 41.0. The molecule has 12 rings (SSSR count). The van der Waals surface area contributed by atoms with E-state index in [4.69, 9.17) is 4.42 Å². The molecule has 2 heteroatoms. The number of furan rings is 1. The minimum atomic E-state index is 0.859. The van der Waals surface area contributed by atoms with E-state index in [0.717, 1.165) is 61.3 Å². The molecule has 2 nitrogen and oxygen atoms in total. The molecule has 0 saturated heterocycles. The topological polar surface area (TPSA) is 16.4 Å². The van der Waals surface area contributed by atoms with Gasteiger partial charge >= 0.3 is 0 Å². The summed E-state index contributed by atoms with van der Waals surface area (Å²) in [5.74, 6) is 0. The van der Waals surface area contributed by atoms with Crippen LogP contribution in [-0.4, -0.2) is 0 Å². The van der Waals surface area contributed by atoms with Crippen molar-refractivity contribution in [2.24, 2.45) is 0 Å². The normalized spacial score (nSPS) is 11.5. The van der Waals surface area contributed by atoms with E-state index in [1.165, 1.54) is 54.6 Å². The Labute approximate surface area is 360 Å². The van der Waals surface area contributed by atoms with Crippen LogP contribution in [0.2, 0.25) is 0 Å². The van der Waals surface area contributed by atoms with E-state index in [2.05, 4.69) is 241 Å². The molecule has 0 unspecified atom stereocenters. The number of benzene rings is 11. The van der Waals surface area contributed by atoms with Crippen LogP contribution in [0.15, 0.2) is 241 Å². The highest BCUT2D eigenvalue weighted by Gasteiger charge is 2.25. The molecule has 0 saturated carbocycles. The number of hydrogen-bond donors (Lipinski definition) is 0. The number of fused-ring (bicyclic) bond motifs is 7. The van der Waals surface area contributed by atoms with E-state index >= 15 is 0 Å². The van der Waals surface area contributed by atoms with Gasteiger partial charge in [0.1, 0.15) is 11.2 Å². The molecule has 0 fully saturated rings. The van der Waals surface area contributed by atoms with Crippen molar-refractivity contribution in [1.82, 2.24) is 0 Å². The first-order chi connectivity index (χ1) is 30.7. The van der Waals surface area contributed by atoms with Gasteiger partial charge in [0, 0.05) is 22.2 Å². The number of para-hydroxylation sites is 2. The maximum atomic E-state index is 7.02. The summed E-state index contributed by atoms with van der Waals surface area (Å²) in [4.78, 5) is 2.43. The maximum absolute atomic E-state index is 7.02. The third-order valence-corrected chi connectivity index (χ3v) is 12.5. The van der Waals surface area contributed by atoms with Crippen molar-refractivity contribution in [3.63, 3.8) is 0 Å². The lowest BCUT2D eigenvalue weighted by atomic mass is 9.91. The molecule has 0 bridgehead atoms. The number of hydrogen-bond acceptors (Lipinski definition) is 2. The van der Waals surface area contributed by atoms with Gasteiger partial charge in [-0.1, -0.05) is 188 Å². The predicted octanol–water partition coefficient (Wildman–Crippen LogP) is 17.2. The molecule has 62 heavy (non-hydrogen) atoms. The fourth-order valence-corrected chi connectivity index (χ4v) is 9.45. The van der Waals surface area contributed by atoms with Gasteiger partial charge in [-0.05, 0) is 114 Å². The van der Waals surface area contributed by atoms with Crippen molar-refractivity contribution < 1.29 is 4.42 Å². The van der Waals surface area contributed by atoms with Gasteiger partial charge in [-0.25, -0.2) is 0 Å². The molecule has 12 aromatic rings. The second kappa shape index (κ2) is 14.8. The first kappa shape index (κ1) is 35.7. The fourth-order valence-electron chi connectivity index (χ4n) is 9.45. The lowest BCUT2D eigenvalue weighted by Crippen LogP contribution is -2.11. The van der Waals surface area contributed by atoms with Gasteiger partial charge in [0.15, 0.2) is 0 Å². The van der Waals surface area contributed by atoms with E-state index < -0.39 is 0 Å². The Morgan fingerprint density at radius 1 is 0.290 bits per heavy atom. The van der Waals surface area contributed by atoms with E-state index in [0.29, 0.717) is 0 Å². The predicted molar refractivity (Wildman–Crippen MR) is 263 cm³/mol. The van der Waals surface area contributed by atoms with Gasteiger partial charge in [-0.3, -0.25) is 0 Å². The molecule has 0 atom stereocenters. The van der Waals surface area contributed by atoms with Gasteiger partial charge < -0.3 is 9.32 Å².